The molecule has 4 aromatic carbocycles. The summed E-state index contributed by atoms with van der Waals surface area (Å²) in [4.78, 5) is 4.09. The van der Waals surface area contributed by atoms with E-state index in [1.165, 1.54) is 42.8 Å². The fourth-order valence-corrected chi connectivity index (χ4v) is 5.79. The second-order valence-electron chi connectivity index (χ2n) is 7.71. The second-order valence-corrected chi connectivity index (χ2v) is 8.69. The molecule has 5 heteroatoms. The standard InChI is InChI=1S/C25H22N2S.2ClH/c1-3-17-6-7-19-9-11-21(20-10-8-18(4-1)23(17)24(19)20)25(22-5-2-16-28-22)27-14-12-26-13-15-27;;/h1-11,16,25-26H,12-15H2;2*1H/t25-;;/m0../s1. The van der Waals surface area contributed by atoms with Crippen LogP contribution in [0, 0.1) is 0 Å². The molecule has 154 valence electrons. The monoisotopic (exact) mass is 454 g/mol. The average molecular weight is 455 g/mol. The van der Waals surface area contributed by atoms with Crippen molar-refractivity contribution in [3.8, 4) is 0 Å². The van der Waals surface area contributed by atoms with Crippen LogP contribution in [0.15, 0.2) is 72.1 Å². The Hall–Kier alpha value is -1.88. The lowest BCUT2D eigenvalue weighted by atomic mass is 9.89. The summed E-state index contributed by atoms with van der Waals surface area (Å²) in [5, 5.41) is 14.0. The van der Waals surface area contributed by atoms with Crippen molar-refractivity contribution in [3.05, 3.63) is 82.6 Å². The summed E-state index contributed by atoms with van der Waals surface area (Å²) in [6.07, 6.45) is 0. The zero-order chi connectivity index (χ0) is 18.5. The van der Waals surface area contributed by atoms with Gasteiger partial charge in [-0.05, 0) is 49.3 Å². The molecule has 0 amide bonds. The molecule has 0 saturated carbocycles. The van der Waals surface area contributed by atoms with E-state index in [0.717, 1.165) is 26.2 Å². The Morgan fingerprint density at radius 1 is 0.733 bits per heavy atom. The lowest BCUT2D eigenvalue weighted by molar-refractivity contribution is 0.201. The first-order valence-electron chi connectivity index (χ1n) is 10.0. The molecular formula is C25H24Cl2N2S. The van der Waals surface area contributed by atoms with Gasteiger partial charge < -0.3 is 5.32 Å². The highest BCUT2D eigenvalue weighted by molar-refractivity contribution is 7.10. The fourth-order valence-electron chi connectivity index (χ4n) is 4.91. The molecule has 2 nitrogen and oxygen atoms in total. The highest BCUT2D eigenvalue weighted by Crippen LogP contribution is 2.41. The Kier molecular flexibility index (Phi) is 6.19. The number of thiophene rings is 1. The quantitative estimate of drug-likeness (QED) is 0.313. The predicted octanol–water partition coefficient (Wildman–Crippen LogP) is 6.48. The second kappa shape index (κ2) is 8.70. The number of rotatable bonds is 3. The molecule has 1 aromatic heterocycles. The SMILES string of the molecule is Cl.Cl.c1csc([C@H](c2ccc3ccc4cccc5ccc2c3c45)N2CCNCC2)c1. The van der Waals surface area contributed by atoms with E-state index >= 15 is 0 Å². The van der Waals surface area contributed by atoms with Gasteiger partial charge in [0.1, 0.15) is 0 Å². The molecule has 1 saturated heterocycles. The zero-order valence-electron chi connectivity index (χ0n) is 16.5. The van der Waals surface area contributed by atoms with Crippen LogP contribution in [0.4, 0.5) is 0 Å². The van der Waals surface area contributed by atoms with Crippen molar-refractivity contribution in [1.82, 2.24) is 10.2 Å². The Morgan fingerprint density at radius 2 is 1.40 bits per heavy atom. The van der Waals surface area contributed by atoms with E-state index < -0.39 is 0 Å². The van der Waals surface area contributed by atoms with Crippen LogP contribution in [0.2, 0.25) is 0 Å². The van der Waals surface area contributed by atoms with Gasteiger partial charge in [-0.1, -0.05) is 60.7 Å². The van der Waals surface area contributed by atoms with Crippen LogP contribution in [0.1, 0.15) is 16.5 Å². The number of halogens is 2. The number of nitrogens with one attached hydrogen (secondary N) is 1. The minimum atomic E-state index is 0. The number of hydrogen-bond acceptors (Lipinski definition) is 3. The summed E-state index contributed by atoms with van der Waals surface area (Å²) in [5.41, 5.74) is 1.44. The summed E-state index contributed by atoms with van der Waals surface area (Å²) in [6.45, 7) is 4.30. The Bertz CT molecular complexity index is 1250. The zero-order valence-corrected chi connectivity index (χ0v) is 19.0. The average Bonchev–Trinajstić information content (AvgIpc) is 3.28. The normalized spacial score (nSPS) is 15.9. The molecular weight excluding hydrogens is 431 g/mol. The van der Waals surface area contributed by atoms with Crippen LogP contribution in [-0.4, -0.2) is 31.1 Å². The van der Waals surface area contributed by atoms with Gasteiger partial charge in [0, 0.05) is 31.1 Å². The third-order valence-corrected chi connectivity index (χ3v) is 7.11. The van der Waals surface area contributed by atoms with Gasteiger partial charge in [-0.25, -0.2) is 0 Å². The molecule has 1 aliphatic heterocycles. The molecule has 1 aliphatic rings. The molecule has 1 fully saturated rings. The van der Waals surface area contributed by atoms with Crippen molar-refractivity contribution in [1.29, 1.82) is 0 Å². The molecule has 0 unspecified atom stereocenters. The summed E-state index contributed by atoms with van der Waals surface area (Å²) < 4.78 is 0. The summed E-state index contributed by atoms with van der Waals surface area (Å²) >= 11 is 1.88. The van der Waals surface area contributed by atoms with Crippen LogP contribution >= 0.6 is 36.2 Å². The van der Waals surface area contributed by atoms with E-state index in [2.05, 4.69) is 82.3 Å². The molecule has 1 atom stereocenters. The van der Waals surface area contributed by atoms with Crippen molar-refractivity contribution >= 4 is 68.5 Å². The maximum absolute atomic E-state index is 3.51. The molecule has 6 rings (SSSR count). The third kappa shape index (κ3) is 3.35. The van der Waals surface area contributed by atoms with Crippen LogP contribution in [0.5, 0.6) is 0 Å². The first-order valence-corrected chi connectivity index (χ1v) is 10.9. The van der Waals surface area contributed by atoms with Gasteiger partial charge in [0.2, 0.25) is 0 Å². The smallest absolute Gasteiger partial charge is 0.0702 e. The largest absolute Gasteiger partial charge is 0.314 e. The van der Waals surface area contributed by atoms with E-state index in [0.29, 0.717) is 6.04 Å². The van der Waals surface area contributed by atoms with Crippen molar-refractivity contribution in [2.45, 2.75) is 6.04 Å². The lowest BCUT2D eigenvalue weighted by Gasteiger charge is -2.35. The maximum atomic E-state index is 3.51. The van der Waals surface area contributed by atoms with Crippen LogP contribution < -0.4 is 5.32 Å². The van der Waals surface area contributed by atoms with Gasteiger partial charge in [-0.3, -0.25) is 4.90 Å². The molecule has 2 heterocycles. The fraction of sp³-hybridized carbons (Fsp3) is 0.200. The van der Waals surface area contributed by atoms with E-state index in [9.17, 15) is 0 Å². The van der Waals surface area contributed by atoms with Crippen molar-refractivity contribution in [2.75, 3.05) is 26.2 Å². The molecule has 1 N–H and O–H groups in total. The first kappa shape index (κ1) is 21.4. The van der Waals surface area contributed by atoms with E-state index in [-0.39, 0.29) is 24.8 Å². The first-order chi connectivity index (χ1) is 13.9. The minimum absolute atomic E-state index is 0. The number of benzene rings is 4. The topological polar surface area (TPSA) is 15.3 Å². The Balaban J connectivity index is 0.00000109. The van der Waals surface area contributed by atoms with Gasteiger partial charge in [0.15, 0.2) is 0 Å². The summed E-state index contributed by atoms with van der Waals surface area (Å²) in [6, 6.07) is 25.3. The van der Waals surface area contributed by atoms with Gasteiger partial charge in [0.05, 0.1) is 6.04 Å². The minimum Gasteiger partial charge on any atom is -0.314 e. The van der Waals surface area contributed by atoms with E-state index in [1.54, 1.807) is 0 Å². The Morgan fingerprint density at radius 3 is 2.10 bits per heavy atom. The summed E-state index contributed by atoms with van der Waals surface area (Å²) in [7, 11) is 0. The highest BCUT2D eigenvalue weighted by Gasteiger charge is 2.26. The number of hydrogen-bond donors (Lipinski definition) is 1. The van der Waals surface area contributed by atoms with E-state index in [4.69, 9.17) is 0 Å². The lowest BCUT2D eigenvalue weighted by Crippen LogP contribution is -2.45. The van der Waals surface area contributed by atoms with Crippen molar-refractivity contribution < 1.29 is 0 Å². The predicted molar refractivity (Wildman–Crippen MR) is 135 cm³/mol. The van der Waals surface area contributed by atoms with Gasteiger partial charge >= 0.3 is 0 Å². The molecule has 5 aromatic rings. The van der Waals surface area contributed by atoms with Crippen LogP contribution in [0.3, 0.4) is 0 Å². The maximum Gasteiger partial charge on any atom is 0.0702 e. The molecule has 0 radical (unpaired) electrons. The van der Waals surface area contributed by atoms with Crippen LogP contribution in [-0.2, 0) is 0 Å². The van der Waals surface area contributed by atoms with Crippen molar-refractivity contribution in [3.63, 3.8) is 0 Å². The number of nitrogens with zero attached hydrogens (tertiary/aromatic N) is 1. The third-order valence-electron chi connectivity index (χ3n) is 6.19. The summed E-state index contributed by atoms with van der Waals surface area (Å²) in [5.74, 6) is 0. The van der Waals surface area contributed by atoms with Gasteiger partial charge in [-0.2, -0.15) is 0 Å². The molecule has 0 aliphatic carbocycles. The molecule has 30 heavy (non-hydrogen) atoms. The van der Waals surface area contributed by atoms with E-state index in [1.807, 2.05) is 11.3 Å². The van der Waals surface area contributed by atoms with Crippen LogP contribution in [0.25, 0.3) is 32.3 Å². The van der Waals surface area contributed by atoms with Crippen molar-refractivity contribution in [2.24, 2.45) is 0 Å². The molecule has 0 bridgehead atoms. The number of piperazine rings is 1. The highest BCUT2D eigenvalue weighted by atomic mass is 35.5. The Labute approximate surface area is 193 Å². The molecule has 0 spiro atoms. The van der Waals surface area contributed by atoms with Gasteiger partial charge in [0.25, 0.3) is 0 Å². The van der Waals surface area contributed by atoms with Gasteiger partial charge in [-0.15, -0.1) is 36.2 Å².